The molecule has 2 aromatic carbocycles. The lowest BCUT2D eigenvalue weighted by molar-refractivity contribution is 0.0972. The van der Waals surface area contributed by atoms with Gasteiger partial charge in [0, 0.05) is 18.4 Å². The number of benzene rings is 2. The Morgan fingerprint density at radius 1 is 0.967 bits per heavy atom. The zero-order valence-corrected chi connectivity index (χ0v) is 16.3. The van der Waals surface area contributed by atoms with E-state index in [9.17, 15) is 19.8 Å². The number of nitrogens with one attached hydrogen (secondary N) is 1. The molecule has 0 saturated carbocycles. The molecule has 30 heavy (non-hydrogen) atoms. The second-order valence-electron chi connectivity index (χ2n) is 6.77. The maximum Gasteiger partial charge on any atom is 0.407 e. The first-order valence-corrected chi connectivity index (χ1v) is 9.55. The molecule has 0 aliphatic rings. The Hall–Kier alpha value is -3.71. The first-order valence-electron chi connectivity index (χ1n) is 9.55. The van der Waals surface area contributed by atoms with Crippen LogP contribution in [0, 0.1) is 0 Å². The minimum Gasteiger partial charge on any atom is -0.465 e. The summed E-state index contributed by atoms with van der Waals surface area (Å²) in [7, 11) is 0. The Morgan fingerprint density at radius 2 is 1.67 bits per heavy atom. The molecule has 0 saturated heterocycles. The van der Waals surface area contributed by atoms with E-state index in [2.05, 4.69) is 10.3 Å². The smallest absolute Gasteiger partial charge is 0.407 e. The van der Waals surface area contributed by atoms with Crippen LogP contribution in [-0.2, 0) is 6.42 Å². The van der Waals surface area contributed by atoms with Gasteiger partial charge in [0.2, 0.25) is 0 Å². The molecule has 1 atom stereocenters. The molecule has 1 heterocycles. The van der Waals surface area contributed by atoms with Crippen molar-refractivity contribution in [1.29, 1.82) is 0 Å². The van der Waals surface area contributed by atoms with E-state index in [-0.39, 0.29) is 19.0 Å². The fraction of sp³-hybridized carbons (Fsp3) is 0.174. The van der Waals surface area contributed by atoms with Gasteiger partial charge in [0.05, 0.1) is 12.6 Å². The molecular formula is C23H23N3O4. The Balaban J connectivity index is 1.55. The third kappa shape index (κ3) is 5.89. The summed E-state index contributed by atoms with van der Waals surface area (Å²) in [6.45, 7) is 0.246. The minimum atomic E-state index is -1.08. The van der Waals surface area contributed by atoms with Gasteiger partial charge in [-0.15, -0.1) is 0 Å². The van der Waals surface area contributed by atoms with Crippen molar-refractivity contribution in [3.05, 3.63) is 95.8 Å². The Labute approximate surface area is 174 Å². The van der Waals surface area contributed by atoms with E-state index < -0.39 is 12.2 Å². The Morgan fingerprint density at radius 3 is 2.30 bits per heavy atom. The van der Waals surface area contributed by atoms with Gasteiger partial charge in [-0.2, -0.15) is 0 Å². The fourth-order valence-corrected chi connectivity index (χ4v) is 2.97. The molecule has 154 valence electrons. The molecular weight excluding hydrogens is 382 g/mol. The number of rotatable bonds is 8. The van der Waals surface area contributed by atoms with Gasteiger partial charge in [-0.05, 0) is 41.8 Å². The topological polar surface area (TPSA) is 103 Å². The van der Waals surface area contributed by atoms with Crippen LogP contribution < -0.4 is 5.32 Å². The third-order valence-electron chi connectivity index (χ3n) is 4.63. The number of amides is 2. The monoisotopic (exact) mass is 405 g/mol. The highest BCUT2D eigenvalue weighted by atomic mass is 16.4. The molecule has 0 bridgehead atoms. The lowest BCUT2D eigenvalue weighted by Gasteiger charge is -2.22. The van der Waals surface area contributed by atoms with Gasteiger partial charge in [0.15, 0.2) is 0 Å². The van der Waals surface area contributed by atoms with Crippen molar-refractivity contribution in [2.24, 2.45) is 0 Å². The molecule has 3 rings (SSSR count). The lowest BCUT2D eigenvalue weighted by Crippen LogP contribution is -2.35. The minimum absolute atomic E-state index is 0.00242. The van der Waals surface area contributed by atoms with Crippen molar-refractivity contribution in [3.8, 4) is 0 Å². The third-order valence-corrected chi connectivity index (χ3v) is 4.63. The van der Waals surface area contributed by atoms with E-state index in [1.165, 1.54) is 4.90 Å². The number of carboxylic acid groups (broad SMARTS) is 1. The molecule has 7 heteroatoms. The van der Waals surface area contributed by atoms with Gasteiger partial charge in [0.1, 0.15) is 5.69 Å². The molecule has 1 unspecified atom stereocenters. The summed E-state index contributed by atoms with van der Waals surface area (Å²) in [6, 6.07) is 21.3. The van der Waals surface area contributed by atoms with Gasteiger partial charge in [-0.25, -0.2) is 4.79 Å². The molecule has 3 N–H and O–H groups in total. The van der Waals surface area contributed by atoms with Gasteiger partial charge in [-0.3, -0.25) is 9.78 Å². The van der Waals surface area contributed by atoms with Crippen LogP contribution in [0.4, 0.5) is 10.5 Å². The molecule has 0 aliphatic heterocycles. The highest BCUT2D eigenvalue weighted by Gasteiger charge is 2.17. The lowest BCUT2D eigenvalue weighted by atomic mass is 10.1. The predicted molar refractivity (Wildman–Crippen MR) is 113 cm³/mol. The normalized spacial score (nSPS) is 11.5. The van der Waals surface area contributed by atoms with Crippen molar-refractivity contribution in [1.82, 2.24) is 9.88 Å². The maximum absolute atomic E-state index is 12.1. The highest BCUT2D eigenvalue weighted by molar-refractivity contribution is 6.02. The van der Waals surface area contributed by atoms with E-state index in [1.54, 1.807) is 60.8 Å². The summed E-state index contributed by atoms with van der Waals surface area (Å²) < 4.78 is 0. The number of pyridine rings is 1. The second kappa shape index (κ2) is 10.2. The first kappa shape index (κ1) is 21.0. The summed E-state index contributed by atoms with van der Waals surface area (Å²) in [6.07, 6.45) is 0.0826. The molecule has 2 amide bonds. The van der Waals surface area contributed by atoms with Crippen molar-refractivity contribution >= 4 is 17.7 Å². The van der Waals surface area contributed by atoms with Crippen LogP contribution >= 0.6 is 0 Å². The number of hydrogen-bond donors (Lipinski definition) is 3. The van der Waals surface area contributed by atoms with Crippen molar-refractivity contribution < 1.29 is 19.8 Å². The fourth-order valence-electron chi connectivity index (χ4n) is 2.97. The van der Waals surface area contributed by atoms with Crippen LogP contribution in [0.5, 0.6) is 0 Å². The average Bonchev–Trinajstić information content (AvgIpc) is 2.78. The van der Waals surface area contributed by atoms with E-state index in [0.29, 0.717) is 23.4 Å². The van der Waals surface area contributed by atoms with E-state index in [0.717, 1.165) is 5.56 Å². The van der Waals surface area contributed by atoms with E-state index in [1.807, 2.05) is 18.2 Å². The number of aromatic nitrogens is 1. The SMILES string of the molecule is O=C(Nc1ccc(CCN(CC(O)c2ccccc2)C(=O)O)cc1)c1ccccn1. The standard InChI is InChI=1S/C23H23N3O4/c27-21(18-6-2-1-3-7-18)16-26(23(29)30)15-13-17-9-11-19(12-10-17)25-22(28)20-8-4-5-14-24-20/h1-12,14,21,27H,13,15-16H2,(H,25,28)(H,29,30). The summed E-state index contributed by atoms with van der Waals surface area (Å²) >= 11 is 0. The van der Waals surface area contributed by atoms with Crippen molar-refractivity contribution in [3.63, 3.8) is 0 Å². The van der Waals surface area contributed by atoms with Gasteiger partial charge in [0.25, 0.3) is 5.91 Å². The van der Waals surface area contributed by atoms with E-state index in [4.69, 9.17) is 0 Å². The van der Waals surface area contributed by atoms with Crippen LogP contribution in [0.2, 0.25) is 0 Å². The molecule has 0 aliphatic carbocycles. The average molecular weight is 405 g/mol. The summed E-state index contributed by atoms with van der Waals surface area (Å²) in [5.74, 6) is -0.296. The number of carbonyl (C=O) groups excluding carboxylic acids is 1. The van der Waals surface area contributed by atoms with E-state index >= 15 is 0 Å². The number of nitrogens with zero attached hydrogens (tertiary/aromatic N) is 2. The summed E-state index contributed by atoms with van der Waals surface area (Å²) in [4.78, 5) is 28.9. The molecule has 3 aromatic rings. The van der Waals surface area contributed by atoms with Crippen LogP contribution in [0.15, 0.2) is 79.0 Å². The van der Waals surface area contributed by atoms with Crippen molar-refractivity contribution in [2.45, 2.75) is 12.5 Å². The molecule has 1 aromatic heterocycles. The summed E-state index contributed by atoms with van der Waals surface area (Å²) in [5.41, 5.74) is 2.56. The molecule has 7 nitrogen and oxygen atoms in total. The zero-order valence-electron chi connectivity index (χ0n) is 16.3. The van der Waals surface area contributed by atoms with Crippen LogP contribution in [-0.4, -0.2) is 45.2 Å². The van der Waals surface area contributed by atoms with Crippen molar-refractivity contribution in [2.75, 3.05) is 18.4 Å². The van der Waals surface area contributed by atoms with Crippen LogP contribution in [0.1, 0.15) is 27.7 Å². The molecule has 0 radical (unpaired) electrons. The molecule has 0 spiro atoms. The maximum atomic E-state index is 12.1. The number of hydrogen-bond acceptors (Lipinski definition) is 4. The number of aliphatic hydroxyl groups is 1. The van der Waals surface area contributed by atoms with Crippen LogP contribution in [0.25, 0.3) is 0 Å². The Bertz CT molecular complexity index is 963. The molecule has 0 fully saturated rings. The second-order valence-corrected chi connectivity index (χ2v) is 6.77. The number of aliphatic hydroxyl groups excluding tert-OH is 1. The largest absolute Gasteiger partial charge is 0.465 e. The van der Waals surface area contributed by atoms with Gasteiger partial charge in [-0.1, -0.05) is 48.5 Å². The zero-order chi connectivity index (χ0) is 21.3. The predicted octanol–water partition coefficient (Wildman–Crippen LogP) is 3.59. The number of anilines is 1. The Kier molecular flexibility index (Phi) is 7.13. The van der Waals surface area contributed by atoms with Crippen LogP contribution in [0.3, 0.4) is 0 Å². The van der Waals surface area contributed by atoms with Gasteiger partial charge < -0.3 is 20.4 Å². The quantitative estimate of drug-likeness (QED) is 0.531. The highest BCUT2D eigenvalue weighted by Crippen LogP contribution is 2.15. The van der Waals surface area contributed by atoms with Gasteiger partial charge >= 0.3 is 6.09 Å². The number of carbonyl (C=O) groups is 2. The first-order chi connectivity index (χ1) is 14.5. The summed E-state index contributed by atoms with van der Waals surface area (Å²) in [5, 5.41) is 22.5.